The quantitative estimate of drug-likeness (QED) is 0.828. The van der Waals surface area contributed by atoms with Crippen LogP contribution in [0.2, 0.25) is 5.28 Å². The maximum atomic E-state index is 5.85. The van der Waals surface area contributed by atoms with Crippen LogP contribution in [0, 0.1) is 0 Å². The zero-order chi connectivity index (χ0) is 14.5. The van der Waals surface area contributed by atoms with Crippen LogP contribution in [-0.2, 0) is 0 Å². The van der Waals surface area contributed by atoms with Gasteiger partial charge in [-0.15, -0.1) is 0 Å². The molecule has 1 heterocycles. The molecular weight excluding hydrogens is 266 g/mol. The van der Waals surface area contributed by atoms with Crippen LogP contribution in [-0.4, -0.2) is 52.6 Å². The number of hydrogen-bond acceptors (Lipinski definition) is 6. The molecule has 0 unspecified atom stereocenters. The Kier molecular flexibility index (Phi) is 5.75. The molecule has 19 heavy (non-hydrogen) atoms. The maximum Gasteiger partial charge on any atom is 0.322 e. The minimum Gasteiger partial charge on any atom is -0.463 e. The summed E-state index contributed by atoms with van der Waals surface area (Å²) in [6.07, 6.45) is 0.889. The molecule has 1 aromatic rings. The van der Waals surface area contributed by atoms with Crippen LogP contribution in [0.3, 0.4) is 0 Å². The number of nitrogens with one attached hydrogen (secondary N) is 1. The van der Waals surface area contributed by atoms with Gasteiger partial charge in [-0.1, -0.05) is 6.92 Å². The van der Waals surface area contributed by atoms with Crippen LogP contribution in [0.4, 0.5) is 5.95 Å². The normalized spacial score (nSPS) is 11.7. The number of aromatic nitrogens is 3. The van der Waals surface area contributed by atoms with Crippen molar-refractivity contribution in [3.63, 3.8) is 0 Å². The van der Waals surface area contributed by atoms with Crippen molar-refractivity contribution in [1.82, 2.24) is 19.9 Å². The van der Waals surface area contributed by atoms with Crippen molar-refractivity contribution >= 4 is 17.5 Å². The van der Waals surface area contributed by atoms with Crippen LogP contribution in [0.5, 0.6) is 6.01 Å². The summed E-state index contributed by atoms with van der Waals surface area (Å²) in [5, 5.41) is 3.29. The number of halogens is 1. The third-order valence-electron chi connectivity index (χ3n) is 2.91. The fourth-order valence-electron chi connectivity index (χ4n) is 1.12. The molecule has 1 rings (SSSR count). The van der Waals surface area contributed by atoms with Gasteiger partial charge in [0, 0.05) is 12.1 Å². The summed E-state index contributed by atoms with van der Waals surface area (Å²) in [7, 11) is 4.05. The molecule has 0 saturated heterocycles. The average molecular weight is 288 g/mol. The fourth-order valence-corrected chi connectivity index (χ4v) is 1.27. The van der Waals surface area contributed by atoms with Crippen molar-refractivity contribution in [2.75, 3.05) is 32.6 Å². The van der Waals surface area contributed by atoms with Crippen LogP contribution >= 0.6 is 11.6 Å². The zero-order valence-corrected chi connectivity index (χ0v) is 13.0. The molecule has 0 atom stereocenters. The molecule has 0 amide bonds. The molecule has 1 N–H and O–H groups in total. The third kappa shape index (κ3) is 5.16. The Morgan fingerprint density at radius 2 is 1.95 bits per heavy atom. The molecule has 0 spiro atoms. The number of ether oxygens (including phenoxy) is 1. The minimum absolute atomic E-state index is 0.0243. The van der Waals surface area contributed by atoms with Gasteiger partial charge in [-0.05, 0) is 46.0 Å². The molecule has 108 valence electrons. The standard InChI is InChI=1S/C12H22ClN5O/c1-6-7-19-11-16-9(13)15-10(17-11)14-8-12(2,3)18(4)5/h6-8H2,1-5H3,(H,14,15,16,17). The smallest absolute Gasteiger partial charge is 0.322 e. The number of likely N-dealkylation sites (N-methyl/N-ethyl adjacent to an activating group) is 1. The van der Waals surface area contributed by atoms with E-state index in [-0.39, 0.29) is 16.8 Å². The molecule has 0 aromatic carbocycles. The summed E-state index contributed by atoms with van der Waals surface area (Å²) in [6, 6.07) is 0.256. The van der Waals surface area contributed by atoms with E-state index in [0.29, 0.717) is 19.1 Å². The number of rotatable bonds is 7. The molecule has 6 nitrogen and oxygen atoms in total. The van der Waals surface area contributed by atoms with Gasteiger partial charge in [0.25, 0.3) is 0 Å². The van der Waals surface area contributed by atoms with E-state index in [0.717, 1.165) is 6.42 Å². The molecule has 0 fully saturated rings. The van der Waals surface area contributed by atoms with Crippen molar-refractivity contribution in [2.45, 2.75) is 32.7 Å². The third-order valence-corrected chi connectivity index (χ3v) is 3.08. The second-order valence-electron chi connectivity index (χ2n) is 5.12. The highest BCUT2D eigenvalue weighted by atomic mass is 35.5. The highest BCUT2D eigenvalue weighted by molar-refractivity contribution is 6.28. The topological polar surface area (TPSA) is 63.2 Å². The van der Waals surface area contributed by atoms with Crippen LogP contribution < -0.4 is 10.1 Å². The molecular formula is C12H22ClN5O. The van der Waals surface area contributed by atoms with Gasteiger partial charge in [0.1, 0.15) is 0 Å². The Labute approximate surface area is 119 Å². The summed E-state index contributed by atoms with van der Waals surface area (Å²) in [6.45, 7) is 7.51. The SMILES string of the molecule is CCCOc1nc(Cl)nc(NCC(C)(C)N(C)C)n1. The van der Waals surface area contributed by atoms with Crippen molar-refractivity contribution in [1.29, 1.82) is 0 Å². The Morgan fingerprint density at radius 1 is 1.26 bits per heavy atom. The van der Waals surface area contributed by atoms with Crippen molar-refractivity contribution in [2.24, 2.45) is 0 Å². The predicted octanol–water partition coefficient (Wildman–Crippen LogP) is 2.07. The summed E-state index contributed by atoms with van der Waals surface area (Å²) in [4.78, 5) is 14.3. The molecule has 0 saturated carbocycles. The monoisotopic (exact) mass is 287 g/mol. The molecule has 0 bridgehead atoms. The van der Waals surface area contributed by atoms with Crippen LogP contribution in [0.1, 0.15) is 27.2 Å². The van der Waals surface area contributed by atoms with Crippen molar-refractivity contribution in [3.8, 4) is 6.01 Å². The summed E-state index contributed by atoms with van der Waals surface area (Å²) in [5.41, 5.74) is -0.0243. The lowest BCUT2D eigenvalue weighted by molar-refractivity contribution is 0.209. The van der Waals surface area contributed by atoms with E-state index in [1.807, 2.05) is 21.0 Å². The molecule has 0 radical (unpaired) electrons. The predicted molar refractivity (Wildman–Crippen MR) is 76.9 cm³/mol. The van der Waals surface area contributed by atoms with Gasteiger partial charge in [0.2, 0.25) is 11.2 Å². The first-order valence-corrected chi connectivity index (χ1v) is 6.68. The van der Waals surface area contributed by atoms with Crippen LogP contribution in [0.25, 0.3) is 0 Å². The van der Waals surface area contributed by atoms with Gasteiger partial charge in [-0.25, -0.2) is 0 Å². The maximum absolute atomic E-state index is 5.85. The number of hydrogen-bond donors (Lipinski definition) is 1. The van der Waals surface area contributed by atoms with Gasteiger partial charge < -0.3 is 15.0 Å². The molecule has 1 aromatic heterocycles. The highest BCUT2D eigenvalue weighted by Crippen LogP contribution is 2.14. The fraction of sp³-hybridized carbons (Fsp3) is 0.750. The van der Waals surface area contributed by atoms with E-state index in [9.17, 15) is 0 Å². The van der Waals surface area contributed by atoms with Gasteiger partial charge in [-0.2, -0.15) is 15.0 Å². The van der Waals surface area contributed by atoms with Gasteiger partial charge in [-0.3, -0.25) is 0 Å². The van der Waals surface area contributed by atoms with Crippen molar-refractivity contribution < 1.29 is 4.74 Å². The lowest BCUT2D eigenvalue weighted by Crippen LogP contribution is -2.44. The lowest BCUT2D eigenvalue weighted by Gasteiger charge is -2.32. The van der Waals surface area contributed by atoms with E-state index in [2.05, 4.69) is 39.0 Å². The Balaban J connectivity index is 2.70. The minimum atomic E-state index is -0.0243. The summed E-state index contributed by atoms with van der Waals surface area (Å²) < 4.78 is 5.36. The van der Waals surface area contributed by atoms with Gasteiger partial charge >= 0.3 is 6.01 Å². The Hall–Kier alpha value is -1.14. The first-order chi connectivity index (χ1) is 8.85. The van der Waals surface area contributed by atoms with E-state index in [1.54, 1.807) is 0 Å². The summed E-state index contributed by atoms with van der Waals surface area (Å²) >= 11 is 5.85. The molecule has 0 aliphatic rings. The zero-order valence-electron chi connectivity index (χ0n) is 12.2. The van der Waals surface area contributed by atoms with E-state index >= 15 is 0 Å². The Bertz CT molecular complexity index is 411. The van der Waals surface area contributed by atoms with Gasteiger partial charge in [0.05, 0.1) is 6.61 Å². The number of anilines is 1. The first-order valence-electron chi connectivity index (χ1n) is 6.31. The Morgan fingerprint density at radius 3 is 2.53 bits per heavy atom. The summed E-state index contributed by atoms with van der Waals surface area (Å²) in [5.74, 6) is 0.432. The largest absolute Gasteiger partial charge is 0.463 e. The van der Waals surface area contributed by atoms with Crippen molar-refractivity contribution in [3.05, 3.63) is 5.28 Å². The lowest BCUT2D eigenvalue weighted by atomic mass is 10.1. The second kappa shape index (κ2) is 6.86. The number of nitrogens with zero attached hydrogens (tertiary/aromatic N) is 4. The van der Waals surface area contributed by atoms with E-state index in [1.165, 1.54) is 0 Å². The van der Waals surface area contributed by atoms with Gasteiger partial charge in [0.15, 0.2) is 0 Å². The van der Waals surface area contributed by atoms with E-state index < -0.39 is 0 Å². The van der Waals surface area contributed by atoms with Crippen LogP contribution in [0.15, 0.2) is 0 Å². The molecule has 0 aliphatic carbocycles. The molecule has 0 aliphatic heterocycles. The van der Waals surface area contributed by atoms with E-state index in [4.69, 9.17) is 16.3 Å². The second-order valence-corrected chi connectivity index (χ2v) is 5.46. The highest BCUT2D eigenvalue weighted by Gasteiger charge is 2.20. The molecule has 7 heteroatoms. The average Bonchev–Trinajstić information content (AvgIpc) is 2.33. The first kappa shape index (κ1) is 15.9.